The summed E-state index contributed by atoms with van der Waals surface area (Å²) >= 11 is 0. The lowest BCUT2D eigenvalue weighted by Crippen LogP contribution is -1.96. The summed E-state index contributed by atoms with van der Waals surface area (Å²) in [5.41, 5.74) is 7.21. The average Bonchev–Trinajstić information content (AvgIpc) is 2.39. The molecule has 2 nitrogen and oxygen atoms in total. The highest BCUT2D eigenvalue weighted by Gasteiger charge is 2.01. The van der Waals surface area contributed by atoms with Crippen LogP contribution in [0.15, 0.2) is 36.5 Å². The molecule has 2 heteroatoms. The molecule has 0 unspecified atom stereocenters. The highest BCUT2D eigenvalue weighted by Crippen LogP contribution is 2.11. The number of hydrogen-bond acceptors (Lipinski definition) is 2. The predicted octanol–water partition coefficient (Wildman–Crippen LogP) is 3.85. The van der Waals surface area contributed by atoms with E-state index in [1.807, 2.05) is 24.3 Å². The SMILES string of the molecule is CCCCCCCc1ccc(C(=O)/C=C\N)cc1. The number of aryl methyl sites for hydroxylation is 1. The molecular formula is C16H23NO. The fourth-order valence-corrected chi connectivity index (χ4v) is 1.95. The zero-order valence-corrected chi connectivity index (χ0v) is 11.2. The second-order valence-electron chi connectivity index (χ2n) is 4.58. The minimum absolute atomic E-state index is 0.0352. The van der Waals surface area contributed by atoms with Gasteiger partial charge in [-0.15, -0.1) is 0 Å². The number of allylic oxidation sites excluding steroid dienone is 1. The van der Waals surface area contributed by atoms with Crippen molar-refractivity contribution in [2.75, 3.05) is 0 Å². The Bertz CT molecular complexity index is 379. The summed E-state index contributed by atoms with van der Waals surface area (Å²) in [4.78, 5) is 11.5. The minimum Gasteiger partial charge on any atom is -0.404 e. The molecule has 0 atom stereocenters. The summed E-state index contributed by atoms with van der Waals surface area (Å²) in [6.45, 7) is 2.23. The van der Waals surface area contributed by atoms with Crippen LogP contribution in [0, 0.1) is 0 Å². The lowest BCUT2D eigenvalue weighted by molar-refractivity contribution is 0.104. The van der Waals surface area contributed by atoms with E-state index in [0.29, 0.717) is 5.56 Å². The van der Waals surface area contributed by atoms with Gasteiger partial charge in [0.2, 0.25) is 0 Å². The molecule has 0 saturated heterocycles. The molecule has 18 heavy (non-hydrogen) atoms. The minimum atomic E-state index is -0.0352. The topological polar surface area (TPSA) is 43.1 Å². The van der Waals surface area contributed by atoms with Crippen LogP contribution in [0.1, 0.15) is 54.9 Å². The van der Waals surface area contributed by atoms with Crippen molar-refractivity contribution in [1.82, 2.24) is 0 Å². The fraction of sp³-hybridized carbons (Fsp3) is 0.438. The molecule has 0 aliphatic heterocycles. The molecule has 1 aromatic carbocycles. The largest absolute Gasteiger partial charge is 0.404 e. The van der Waals surface area contributed by atoms with Crippen LogP contribution in [0.5, 0.6) is 0 Å². The number of rotatable bonds is 8. The van der Waals surface area contributed by atoms with E-state index in [1.54, 1.807) is 0 Å². The van der Waals surface area contributed by atoms with Crippen molar-refractivity contribution in [3.05, 3.63) is 47.7 Å². The smallest absolute Gasteiger partial charge is 0.187 e. The summed E-state index contributed by atoms with van der Waals surface area (Å²) in [6.07, 6.45) is 10.2. The molecule has 0 amide bonds. The summed E-state index contributed by atoms with van der Waals surface area (Å²) in [6, 6.07) is 7.84. The van der Waals surface area contributed by atoms with Crippen molar-refractivity contribution in [2.45, 2.75) is 45.4 Å². The maximum Gasteiger partial charge on any atom is 0.187 e. The number of unbranched alkanes of at least 4 members (excludes halogenated alkanes) is 4. The van der Waals surface area contributed by atoms with Gasteiger partial charge in [-0.1, -0.05) is 56.9 Å². The third-order valence-electron chi connectivity index (χ3n) is 3.06. The second-order valence-corrected chi connectivity index (χ2v) is 4.58. The highest BCUT2D eigenvalue weighted by atomic mass is 16.1. The predicted molar refractivity (Wildman–Crippen MR) is 76.6 cm³/mol. The number of benzene rings is 1. The average molecular weight is 245 g/mol. The molecule has 0 fully saturated rings. The van der Waals surface area contributed by atoms with Gasteiger partial charge in [-0.05, 0) is 24.6 Å². The first-order valence-electron chi connectivity index (χ1n) is 6.79. The molecule has 0 heterocycles. The van der Waals surface area contributed by atoms with Crippen LogP contribution in [0.25, 0.3) is 0 Å². The number of ketones is 1. The standard InChI is InChI=1S/C16H23NO/c1-2-3-4-5-6-7-14-8-10-15(11-9-14)16(18)12-13-17/h8-13H,2-7,17H2,1H3/b13-12-. The Morgan fingerprint density at radius 3 is 2.39 bits per heavy atom. The first-order valence-corrected chi connectivity index (χ1v) is 6.79. The Morgan fingerprint density at radius 1 is 1.11 bits per heavy atom. The summed E-state index contributed by atoms with van der Waals surface area (Å²) in [5.74, 6) is -0.0352. The highest BCUT2D eigenvalue weighted by molar-refractivity contribution is 6.04. The third-order valence-corrected chi connectivity index (χ3v) is 3.06. The van der Waals surface area contributed by atoms with E-state index in [4.69, 9.17) is 5.73 Å². The van der Waals surface area contributed by atoms with Crippen LogP contribution in [0.4, 0.5) is 0 Å². The molecule has 0 saturated carbocycles. The van der Waals surface area contributed by atoms with Crippen molar-refractivity contribution in [1.29, 1.82) is 0 Å². The monoisotopic (exact) mass is 245 g/mol. The van der Waals surface area contributed by atoms with Crippen molar-refractivity contribution < 1.29 is 4.79 Å². The van der Waals surface area contributed by atoms with Crippen LogP contribution in [0.2, 0.25) is 0 Å². The van der Waals surface area contributed by atoms with E-state index in [9.17, 15) is 4.79 Å². The van der Waals surface area contributed by atoms with Crippen LogP contribution in [0.3, 0.4) is 0 Å². The molecule has 1 aromatic rings. The number of carbonyl (C=O) groups excluding carboxylic acids is 1. The van der Waals surface area contributed by atoms with Crippen LogP contribution < -0.4 is 5.73 Å². The second kappa shape index (κ2) is 8.51. The Morgan fingerprint density at radius 2 is 1.78 bits per heavy atom. The number of nitrogens with two attached hydrogens (primary N) is 1. The Labute approximate surface area is 110 Å². The van der Waals surface area contributed by atoms with Gasteiger partial charge in [-0.2, -0.15) is 0 Å². The molecule has 2 N–H and O–H groups in total. The molecule has 0 bridgehead atoms. The van der Waals surface area contributed by atoms with Gasteiger partial charge in [-0.3, -0.25) is 4.79 Å². The Kier molecular flexibility index (Phi) is 6.85. The van der Waals surface area contributed by atoms with Gasteiger partial charge in [0.1, 0.15) is 0 Å². The molecule has 98 valence electrons. The first kappa shape index (κ1) is 14.5. The first-order chi connectivity index (χ1) is 8.77. The van der Waals surface area contributed by atoms with E-state index < -0.39 is 0 Å². The van der Waals surface area contributed by atoms with E-state index in [-0.39, 0.29) is 5.78 Å². The number of hydrogen-bond donors (Lipinski definition) is 1. The van der Waals surface area contributed by atoms with Gasteiger partial charge in [0.25, 0.3) is 0 Å². The van der Waals surface area contributed by atoms with Crippen molar-refractivity contribution >= 4 is 5.78 Å². The van der Waals surface area contributed by atoms with E-state index in [2.05, 4.69) is 6.92 Å². The van der Waals surface area contributed by atoms with Crippen molar-refractivity contribution in [2.24, 2.45) is 5.73 Å². The van der Waals surface area contributed by atoms with Crippen molar-refractivity contribution in [3.8, 4) is 0 Å². The van der Waals surface area contributed by atoms with Gasteiger partial charge < -0.3 is 5.73 Å². The van der Waals surface area contributed by atoms with Gasteiger partial charge in [0.05, 0.1) is 0 Å². The molecule has 0 spiro atoms. The molecular weight excluding hydrogens is 222 g/mol. The van der Waals surface area contributed by atoms with Crippen LogP contribution in [-0.2, 0) is 6.42 Å². The summed E-state index contributed by atoms with van der Waals surface area (Å²) in [5, 5.41) is 0. The lowest BCUT2D eigenvalue weighted by Gasteiger charge is -2.02. The maximum atomic E-state index is 11.5. The van der Waals surface area contributed by atoms with Crippen molar-refractivity contribution in [3.63, 3.8) is 0 Å². The Balaban J connectivity index is 2.38. The van der Waals surface area contributed by atoms with E-state index >= 15 is 0 Å². The zero-order chi connectivity index (χ0) is 13.2. The van der Waals surface area contributed by atoms with Gasteiger partial charge in [0, 0.05) is 11.6 Å². The lowest BCUT2D eigenvalue weighted by atomic mass is 10.0. The summed E-state index contributed by atoms with van der Waals surface area (Å²) < 4.78 is 0. The van der Waals surface area contributed by atoms with Gasteiger partial charge >= 0.3 is 0 Å². The molecule has 1 rings (SSSR count). The third kappa shape index (κ3) is 5.17. The molecule has 0 aliphatic carbocycles. The van der Waals surface area contributed by atoms with E-state index in [1.165, 1.54) is 49.9 Å². The summed E-state index contributed by atoms with van der Waals surface area (Å²) in [7, 11) is 0. The normalized spacial score (nSPS) is 10.9. The molecule has 0 radical (unpaired) electrons. The number of carbonyl (C=O) groups is 1. The van der Waals surface area contributed by atoms with Gasteiger partial charge in [-0.25, -0.2) is 0 Å². The molecule has 0 aliphatic rings. The van der Waals surface area contributed by atoms with E-state index in [0.717, 1.165) is 6.42 Å². The zero-order valence-electron chi connectivity index (χ0n) is 11.2. The maximum absolute atomic E-state index is 11.5. The quantitative estimate of drug-likeness (QED) is 0.429. The fourth-order valence-electron chi connectivity index (χ4n) is 1.95. The van der Waals surface area contributed by atoms with Crippen LogP contribution in [-0.4, -0.2) is 5.78 Å². The molecule has 0 aromatic heterocycles. The van der Waals surface area contributed by atoms with Crippen LogP contribution >= 0.6 is 0 Å². The Hall–Kier alpha value is -1.57. The van der Waals surface area contributed by atoms with Gasteiger partial charge in [0.15, 0.2) is 5.78 Å².